The van der Waals surface area contributed by atoms with Crippen molar-refractivity contribution in [2.24, 2.45) is 0 Å². The van der Waals surface area contributed by atoms with E-state index in [0.29, 0.717) is 17.5 Å². The van der Waals surface area contributed by atoms with Crippen LogP contribution in [-0.4, -0.2) is 15.0 Å². The highest BCUT2D eigenvalue weighted by molar-refractivity contribution is 8.00. The van der Waals surface area contributed by atoms with Crippen molar-refractivity contribution in [1.82, 2.24) is 15.0 Å². The first kappa shape index (κ1) is 33.5. The fourth-order valence-corrected chi connectivity index (χ4v) is 10.0. The molecule has 0 fully saturated rings. The summed E-state index contributed by atoms with van der Waals surface area (Å²) in [6.45, 7) is 4.70. The third kappa shape index (κ3) is 5.42. The van der Waals surface area contributed by atoms with Gasteiger partial charge in [0.1, 0.15) is 0 Å². The quantitative estimate of drug-likeness (QED) is 0.169. The summed E-state index contributed by atoms with van der Waals surface area (Å²) in [5.74, 6) is 1.98. The second kappa shape index (κ2) is 13.1. The number of hydrogen-bond acceptors (Lipinski definition) is 5. The van der Waals surface area contributed by atoms with E-state index in [9.17, 15) is 0 Å². The molecule has 57 heavy (non-hydrogen) atoms. The number of benzene rings is 8. The van der Waals surface area contributed by atoms with Crippen molar-refractivity contribution >= 4 is 39.6 Å². The normalized spacial score (nSPS) is 13.2. The van der Waals surface area contributed by atoms with Crippen LogP contribution in [0.25, 0.3) is 67.2 Å². The van der Waals surface area contributed by atoms with Gasteiger partial charge in [0.05, 0.1) is 5.69 Å². The first-order valence-corrected chi connectivity index (χ1v) is 20.2. The van der Waals surface area contributed by atoms with Gasteiger partial charge < -0.3 is 4.90 Å². The molecule has 8 aromatic carbocycles. The molecule has 2 aliphatic rings. The van der Waals surface area contributed by atoms with Gasteiger partial charge in [0, 0.05) is 54.0 Å². The van der Waals surface area contributed by atoms with E-state index in [1.807, 2.05) is 36.4 Å². The number of anilines is 3. The summed E-state index contributed by atoms with van der Waals surface area (Å²) >= 11 is 1.80. The molecular weight excluding hydrogens is 713 g/mol. The number of aromatic nitrogens is 3. The van der Waals surface area contributed by atoms with Gasteiger partial charge in [-0.1, -0.05) is 165 Å². The lowest BCUT2D eigenvalue weighted by Gasteiger charge is -2.30. The molecule has 0 atom stereocenters. The Bertz CT molecular complexity index is 2960. The summed E-state index contributed by atoms with van der Waals surface area (Å²) in [6.07, 6.45) is 0. The zero-order chi connectivity index (χ0) is 38.1. The molecule has 1 aliphatic carbocycles. The molecule has 4 nitrogen and oxygen atoms in total. The van der Waals surface area contributed by atoms with Crippen LogP contribution in [0.3, 0.4) is 0 Å². The van der Waals surface area contributed by atoms with E-state index in [2.05, 4.69) is 164 Å². The zero-order valence-electron chi connectivity index (χ0n) is 31.5. The van der Waals surface area contributed by atoms with Crippen LogP contribution in [0, 0.1) is 0 Å². The van der Waals surface area contributed by atoms with Gasteiger partial charge in [0.15, 0.2) is 17.5 Å². The molecule has 2 heterocycles. The monoisotopic (exact) mass is 748 g/mol. The molecule has 0 unspecified atom stereocenters. The second-order valence-corrected chi connectivity index (χ2v) is 16.3. The number of nitrogens with zero attached hydrogens (tertiary/aromatic N) is 4. The summed E-state index contributed by atoms with van der Waals surface area (Å²) < 4.78 is 0. The number of hydrogen-bond donors (Lipinski definition) is 0. The van der Waals surface area contributed by atoms with E-state index in [-0.39, 0.29) is 5.41 Å². The molecular formula is C52H36N4S. The molecule has 0 amide bonds. The third-order valence-corrected chi connectivity index (χ3v) is 12.7. The van der Waals surface area contributed by atoms with Crippen molar-refractivity contribution in [3.63, 3.8) is 0 Å². The lowest BCUT2D eigenvalue weighted by atomic mass is 9.82. The molecule has 0 saturated carbocycles. The standard InChI is InChI=1S/C52H36N4S/c1-52(2)43-27-13-12-22-37(43)38-29-28-36(32-44(38)52)56(35-20-10-5-11-21-35)45-30-31-46-47-39(23-14-25-41(45)47)40-24-15-26-42(48(40)57-46)51-54-49(33-16-6-3-7-17-33)53-50(55-51)34-18-8-4-9-19-34/h3-32H,1-2H3. The van der Waals surface area contributed by atoms with Crippen molar-refractivity contribution in [2.75, 3.05) is 4.90 Å². The molecule has 11 rings (SSSR count). The van der Waals surface area contributed by atoms with Crippen LogP contribution in [0.15, 0.2) is 192 Å². The maximum atomic E-state index is 5.12. The summed E-state index contributed by atoms with van der Waals surface area (Å²) in [7, 11) is 0. The molecule has 0 bridgehead atoms. The van der Waals surface area contributed by atoms with Gasteiger partial charge in [0.2, 0.25) is 0 Å². The lowest BCUT2D eigenvalue weighted by Crippen LogP contribution is -2.16. The fourth-order valence-electron chi connectivity index (χ4n) is 8.77. The van der Waals surface area contributed by atoms with Gasteiger partial charge in [-0.05, 0) is 75.8 Å². The Hall–Kier alpha value is -6.82. The highest BCUT2D eigenvalue weighted by Crippen LogP contribution is 2.55. The third-order valence-electron chi connectivity index (χ3n) is 11.5. The first-order valence-electron chi connectivity index (χ1n) is 19.4. The van der Waals surface area contributed by atoms with Gasteiger partial charge >= 0.3 is 0 Å². The molecule has 1 aliphatic heterocycles. The van der Waals surface area contributed by atoms with Gasteiger partial charge in [0.25, 0.3) is 0 Å². The minimum absolute atomic E-state index is 0.107. The lowest BCUT2D eigenvalue weighted by molar-refractivity contribution is 0.660. The van der Waals surface area contributed by atoms with Crippen LogP contribution in [0.2, 0.25) is 0 Å². The van der Waals surface area contributed by atoms with Crippen LogP contribution in [0.4, 0.5) is 17.1 Å². The van der Waals surface area contributed by atoms with Crippen LogP contribution >= 0.6 is 11.8 Å². The smallest absolute Gasteiger partial charge is 0.165 e. The van der Waals surface area contributed by atoms with E-state index in [1.54, 1.807) is 11.8 Å². The molecule has 0 spiro atoms. The number of rotatable bonds is 6. The second-order valence-electron chi connectivity index (χ2n) is 15.2. The highest BCUT2D eigenvalue weighted by Gasteiger charge is 2.36. The molecule has 0 saturated heterocycles. The van der Waals surface area contributed by atoms with E-state index in [0.717, 1.165) is 38.6 Å². The van der Waals surface area contributed by atoms with E-state index >= 15 is 0 Å². The Labute approximate surface area is 336 Å². The van der Waals surface area contributed by atoms with E-state index in [1.165, 1.54) is 49.0 Å². The maximum absolute atomic E-state index is 5.12. The maximum Gasteiger partial charge on any atom is 0.165 e. The Morgan fingerprint density at radius 3 is 1.75 bits per heavy atom. The summed E-state index contributed by atoms with van der Waals surface area (Å²) in [5, 5.41) is 2.46. The van der Waals surface area contributed by atoms with Crippen LogP contribution in [-0.2, 0) is 5.41 Å². The molecule has 1 aromatic heterocycles. The minimum Gasteiger partial charge on any atom is -0.310 e. The van der Waals surface area contributed by atoms with Crippen molar-refractivity contribution in [3.05, 3.63) is 193 Å². The van der Waals surface area contributed by atoms with Crippen LogP contribution in [0.5, 0.6) is 0 Å². The summed E-state index contributed by atoms with van der Waals surface area (Å²) in [4.78, 5) is 20.0. The molecule has 270 valence electrons. The van der Waals surface area contributed by atoms with Crippen LogP contribution < -0.4 is 4.90 Å². The average Bonchev–Trinajstić information content (AvgIpc) is 3.50. The summed E-state index contributed by atoms with van der Waals surface area (Å²) in [5.41, 5.74) is 14.0. The molecule has 0 N–H and O–H groups in total. The molecule has 0 radical (unpaired) electrons. The molecule has 5 heteroatoms. The predicted molar refractivity (Wildman–Crippen MR) is 235 cm³/mol. The van der Waals surface area contributed by atoms with Gasteiger partial charge in [-0.3, -0.25) is 0 Å². The Kier molecular flexibility index (Phi) is 7.73. The van der Waals surface area contributed by atoms with Crippen LogP contribution in [0.1, 0.15) is 25.0 Å². The Morgan fingerprint density at radius 2 is 1.02 bits per heavy atom. The SMILES string of the molecule is CC1(C)c2ccccc2-c2ccc(N(c3ccccc3)c3ccc4c5c(cccc35)-c3cccc(-c5nc(-c6ccccc6)nc(-c6ccccc6)n5)c3S4)cc21. The highest BCUT2D eigenvalue weighted by atomic mass is 32.2. The predicted octanol–water partition coefficient (Wildman–Crippen LogP) is 13.9. The van der Waals surface area contributed by atoms with Gasteiger partial charge in [-0.15, -0.1) is 0 Å². The number of para-hydroxylation sites is 1. The fraction of sp³-hybridized carbons (Fsp3) is 0.0577. The van der Waals surface area contributed by atoms with Gasteiger partial charge in [-0.2, -0.15) is 0 Å². The topological polar surface area (TPSA) is 41.9 Å². The number of fused-ring (bicyclic) bond motifs is 5. The minimum atomic E-state index is -0.107. The Balaban J connectivity index is 1.08. The average molecular weight is 749 g/mol. The zero-order valence-corrected chi connectivity index (χ0v) is 32.3. The van der Waals surface area contributed by atoms with E-state index in [4.69, 9.17) is 15.0 Å². The van der Waals surface area contributed by atoms with Gasteiger partial charge in [-0.25, -0.2) is 15.0 Å². The van der Waals surface area contributed by atoms with E-state index < -0.39 is 0 Å². The Morgan fingerprint density at radius 1 is 0.439 bits per heavy atom. The van der Waals surface area contributed by atoms with Crippen molar-refractivity contribution in [3.8, 4) is 56.4 Å². The largest absolute Gasteiger partial charge is 0.310 e. The first-order chi connectivity index (χ1) is 28.0. The van der Waals surface area contributed by atoms with Crippen molar-refractivity contribution in [2.45, 2.75) is 29.1 Å². The van der Waals surface area contributed by atoms with Crippen molar-refractivity contribution < 1.29 is 0 Å². The van der Waals surface area contributed by atoms with Crippen molar-refractivity contribution in [1.29, 1.82) is 0 Å². The molecule has 9 aromatic rings. The summed E-state index contributed by atoms with van der Waals surface area (Å²) in [6, 6.07) is 64.8.